The predicted molar refractivity (Wildman–Crippen MR) is 111 cm³/mol. The van der Waals surface area contributed by atoms with Crippen LogP contribution in [0.4, 0.5) is 5.69 Å². The van der Waals surface area contributed by atoms with Gasteiger partial charge in [0.1, 0.15) is 0 Å². The first kappa shape index (κ1) is 19.0. The number of nitrogens with one attached hydrogen (secondary N) is 1. The molecule has 0 spiro atoms. The van der Waals surface area contributed by atoms with Crippen LogP contribution in [0.1, 0.15) is 32.1 Å². The van der Waals surface area contributed by atoms with E-state index in [1.165, 1.54) is 32.1 Å². The van der Waals surface area contributed by atoms with Crippen molar-refractivity contribution in [3.63, 3.8) is 0 Å². The summed E-state index contributed by atoms with van der Waals surface area (Å²) in [6.07, 6.45) is 6.40. The summed E-state index contributed by atoms with van der Waals surface area (Å²) in [5.41, 5.74) is 3.81. The average Bonchev–Trinajstić information content (AvgIpc) is 2.64. The van der Waals surface area contributed by atoms with Gasteiger partial charge in [-0.2, -0.15) is 0 Å². The third kappa shape index (κ3) is 3.96. The number of anilines is 1. The smallest absolute Gasteiger partial charge is 0.0745 e. The lowest BCUT2D eigenvalue weighted by atomic mass is 9.95. The molecule has 1 heterocycles. The Hall–Kier alpha value is -1.81. The predicted octanol–water partition coefficient (Wildman–Crippen LogP) is 6.13. The zero-order chi connectivity index (χ0) is 17.2. The minimum atomic E-state index is 0. The number of halogens is 2. The quantitative estimate of drug-likeness (QED) is 0.586. The SMILES string of the molecule is Clc1ccc(Cl)c(-c2cc(NC3CCCCC3)c3ccccc3n2)c1.O. The highest BCUT2D eigenvalue weighted by atomic mass is 35.5. The lowest BCUT2D eigenvalue weighted by Gasteiger charge is -2.25. The molecule has 0 atom stereocenters. The number of pyridine rings is 1. The fraction of sp³-hybridized carbons (Fsp3) is 0.286. The molecule has 0 amide bonds. The van der Waals surface area contributed by atoms with Gasteiger partial charge in [-0.15, -0.1) is 0 Å². The van der Waals surface area contributed by atoms with Gasteiger partial charge < -0.3 is 10.8 Å². The first-order chi connectivity index (χ1) is 12.2. The number of para-hydroxylation sites is 1. The summed E-state index contributed by atoms with van der Waals surface area (Å²) in [5, 5.41) is 6.23. The molecule has 4 rings (SSSR count). The maximum atomic E-state index is 6.41. The van der Waals surface area contributed by atoms with E-state index in [4.69, 9.17) is 28.2 Å². The molecular weight excluding hydrogens is 367 g/mol. The topological polar surface area (TPSA) is 56.4 Å². The van der Waals surface area contributed by atoms with E-state index in [0.717, 1.165) is 27.8 Å². The Labute approximate surface area is 163 Å². The molecule has 26 heavy (non-hydrogen) atoms. The molecular formula is C21H22Cl2N2O. The lowest BCUT2D eigenvalue weighted by molar-refractivity contribution is 0.463. The van der Waals surface area contributed by atoms with Crippen molar-refractivity contribution in [2.75, 3.05) is 5.32 Å². The fourth-order valence-electron chi connectivity index (χ4n) is 3.59. The highest BCUT2D eigenvalue weighted by Crippen LogP contribution is 2.34. The number of hydrogen-bond donors (Lipinski definition) is 1. The number of benzene rings is 2. The monoisotopic (exact) mass is 388 g/mol. The average molecular weight is 389 g/mol. The van der Waals surface area contributed by atoms with Gasteiger partial charge in [0.15, 0.2) is 0 Å². The van der Waals surface area contributed by atoms with Crippen LogP contribution < -0.4 is 5.32 Å². The molecule has 1 saturated carbocycles. The normalized spacial score (nSPS) is 14.8. The van der Waals surface area contributed by atoms with Crippen molar-refractivity contribution >= 4 is 39.8 Å². The molecule has 0 unspecified atom stereocenters. The van der Waals surface area contributed by atoms with Crippen molar-refractivity contribution in [3.8, 4) is 11.3 Å². The summed E-state index contributed by atoms with van der Waals surface area (Å²) in [5.74, 6) is 0. The summed E-state index contributed by atoms with van der Waals surface area (Å²) in [7, 11) is 0. The van der Waals surface area contributed by atoms with Gasteiger partial charge in [0.25, 0.3) is 0 Å². The Morgan fingerprint density at radius 3 is 2.50 bits per heavy atom. The summed E-state index contributed by atoms with van der Waals surface area (Å²) < 4.78 is 0. The van der Waals surface area contributed by atoms with Crippen LogP contribution in [0.2, 0.25) is 10.0 Å². The maximum Gasteiger partial charge on any atom is 0.0745 e. The van der Waals surface area contributed by atoms with E-state index in [-0.39, 0.29) is 5.48 Å². The van der Waals surface area contributed by atoms with Crippen LogP contribution in [0, 0.1) is 0 Å². The van der Waals surface area contributed by atoms with Gasteiger partial charge in [-0.3, -0.25) is 0 Å². The molecule has 0 radical (unpaired) electrons. The van der Waals surface area contributed by atoms with E-state index < -0.39 is 0 Å². The molecule has 1 aliphatic rings. The third-order valence-corrected chi connectivity index (χ3v) is 5.45. The van der Waals surface area contributed by atoms with Crippen molar-refractivity contribution in [1.82, 2.24) is 4.98 Å². The number of aromatic nitrogens is 1. The number of fused-ring (bicyclic) bond motifs is 1. The van der Waals surface area contributed by atoms with E-state index in [9.17, 15) is 0 Å². The molecule has 1 aromatic heterocycles. The largest absolute Gasteiger partial charge is 0.412 e. The highest BCUT2D eigenvalue weighted by Gasteiger charge is 2.16. The van der Waals surface area contributed by atoms with E-state index in [2.05, 4.69) is 23.5 Å². The molecule has 3 N–H and O–H groups in total. The zero-order valence-corrected chi connectivity index (χ0v) is 15.9. The van der Waals surface area contributed by atoms with Crippen LogP contribution in [-0.4, -0.2) is 16.5 Å². The minimum absolute atomic E-state index is 0. The van der Waals surface area contributed by atoms with Crippen molar-refractivity contribution in [2.45, 2.75) is 38.1 Å². The Morgan fingerprint density at radius 1 is 0.923 bits per heavy atom. The molecule has 0 bridgehead atoms. The van der Waals surface area contributed by atoms with Gasteiger partial charge in [0.05, 0.1) is 16.2 Å². The van der Waals surface area contributed by atoms with E-state index in [0.29, 0.717) is 16.1 Å². The molecule has 0 saturated heterocycles. The Morgan fingerprint density at radius 2 is 1.69 bits per heavy atom. The number of rotatable bonds is 3. The molecule has 3 nitrogen and oxygen atoms in total. The van der Waals surface area contributed by atoms with Gasteiger partial charge in [0, 0.05) is 27.7 Å². The molecule has 0 aliphatic heterocycles. The van der Waals surface area contributed by atoms with Gasteiger partial charge in [-0.25, -0.2) is 4.98 Å². The van der Waals surface area contributed by atoms with Crippen molar-refractivity contribution in [1.29, 1.82) is 0 Å². The second-order valence-electron chi connectivity index (χ2n) is 6.68. The van der Waals surface area contributed by atoms with Gasteiger partial charge in [-0.1, -0.05) is 60.7 Å². The van der Waals surface area contributed by atoms with Crippen LogP contribution in [0.5, 0.6) is 0 Å². The van der Waals surface area contributed by atoms with E-state index in [1.807, 2.05) is 24.3 Å². The van der Waals surface area contributed by atoms with Gasteiger partial charge in [-0.05, 0) is 43.2 Å². The van der Waals surface area contributed by atoms with Crippen LogP contribution in [0.3, 0.4) is 0 Å². The minimum Gasteiger partial charge on any atom is -0.412 e. The van der Waals surface area contributed by atoms with Crippen LogP contribution in [-0.2, 0) is 0 Å². The highest BCUT2D eigenvalue weighted by molar-refractivity contribution is 6.35. The second kappa shape index (κ2) is 8.26. The Kier molecular flexibility index (Phi) is 6.02. The first-order valence-corrected chi connectivity index (χ1v) is 9.58. The van der Waals surface area contributed by atoms with Crippen molar-refractivity contribution < 1.29 is 5.48 Å². The molecule has 136 valence electrons. The van der Waals surface area contributed by atoms with Crippen molar-refractivity contribution in [2.24, 2.45) is 0 Å². The van der Waals surface area contributed by atoms with Crippen LogP contribution in [0.25, 0.3) is 22.2 Å². The molecule has 3 aromatic rings. The lowest BCUT2D eigenvalue weighted by Crippen LogP contribution is -2.22. The molecule has 2 aromatic carbocycles. The summed E-state index contributed by atoms with van der Waals surface area (Å²) >= 11 is 12.6. The second-order valence-corrected chi connectivity index (χ2v) is 7.52. The number of hydrogen-bond acceptors (Lipinski definition) is 2. The standard InChI is InChI=1S/C21H20Cl2N2.H2O/c22-14-10-11-18(23)17(12-14)21-13-20(24-15-6-2-1-3-7-15)16-8-4-5-9-19(16)25-21;/h4-5,8-13,15H,1-3,6-7H2,(H,24,25);1H2. The van der Waals surface area contributed by atoms with Crippen LogP contribution >= 0.6 is 23.2 Å². The van der Waals surface area contributed by atoms with Gasteiger partial charge in [0.2, 0.25) is 0 Å². The Balaban J connectivity index is 0.00000196. The zero-order valence-electron chi connectivity index (χ0n) is 14.4. The van der Waals surface area contributed by atoms with Gasteiger partial charge >= 0.3 is 0 Å². The van der Waals surface area contributed by atoms with E-state index in [1.54, 1.807) is 6.07 Å². The maximum absolute atomic E-state index is 6.41. The molecule has 1 aliphatic carbocycles. The Bertz CT molecular complexity index is 908. The van der Waals surface area contributed by atoms with Crippen molar-refractivity contribution in [3.05, 3.63) is 58.6 Å². The summed E-state index contributed by atoms with van der Waals surface area (Å²) in [4.78, 5) is 4.82. The third-order valence-electron chi connectivity index (χ3n) is 4.89. The number of nitrogens with zero attached hydrogens (tertiary/aromatic N) is 1. The fourth-order valence-corrected chi connectivity index (χ4v) is 3.98. The first-order valence-electron chi connectivity index (χ1n) is 8.82. The summed E-state index contributed by atoms with van der Waals surface area (Å²) in [6, 6.07) is 16.4. The molecule has 1 fully saturated rings. The van der Waals surface area contributed by atoms with E-state index >= 15 is 0 Å². The molecule has 5 heteroatoms. The summed E-state index contributed by atoms with van der Waals surface area (Å²) in [6.45, 7) is 0. The van der Waals surface area contributed by atoms with Crippen LogP contribution in [0.15, 0.2) is 48.5 Å².